The number of hydrogen-bond acceptors (Lipinski definition) is 2. The van der Waals surface area contributed by atoms with Gasteiger partial charge in [-0.1, -0.05) is 19.8 Å². The normalized spacial score (nSPS) is 15.5. The van der Waals surface area contributed by atoms with E-state index in [9.17, 15) is 0 Å². The molecular formula is C15H23ClN2. The summed E-state index contributed by atoms with van der Waals surface area (Å²) in [4.78, 5) is 7.04. The van der Waals surface area contributed by atoms with E-state index in [1.807, 2.05) is 0 Å². The second-order valence-corrected chi connectivity index (χ2v) is 5.65. The first-order chi connectivity index (χ1) is 8.72. The van der Waals surface area contributed by atoms with Gasteiger partial charge in [-0.05, 0) is 42.9 Å². The lowest BCUT2D eigenvalue weighted by atomic mass is 9.85. The third kappa shape index (κ3) is 3.38. The number of anilines is 1. The number of halogens is 1. The van der Waals surface area contributed by atoms with Crippen LogP contribution in [-0.2, 0) is 12.3 Å². The highest BCUT2D eigenvalue weighted by Gasteiger charge is 2.20. The summed E-state index contributed by atoms with van der Waals surface area (Å²) in [5.74, 6) is 2.53. The van der Waals surface area contributed by atoms with E-state index in [-0.39, 0.29) is 0 Å². The van der Waals surface area contributed by atoms with Gasteiger partial charge in [0.2, 0.25) is 0 Å². The summed E-state index contributed by atoms with van der Waals surface area (Å²) in [5.41, 5.74) is 2.36. The molecule has 0 aliphatic heterocycles. The number of nitrogens with zero attached hydrogens (tertiary/aromatic N) is 2. The summed E-state index contributed by atoms with van der Waals surface area (Å²) in [5, 5.41) is 0. The van der Waals surface area contributed by atoms with Crippen molar-refractivity contribution in [1.29, 1.82) is 0 Å². The molecule has 1 heterocycles. The SMILES string of the molecule is CCCc1cc(CCl)cc(N(C)CC2CCC2)n1. The van der Waals surface area contributed by atoms with Gasteiger partial charge in [0, 0.05) is 25.2 Å². The molecule has 18 heavy (non-hydrogen) atoms. The summed E-state index contributed by atoms with van der Waals surface area (Å²) in [6.07, 6.45) is 6.32. The van der Waals surface area contributed by atoms with Crippen LogP contribution in [0.1, 0.15) is 43.9 Å². The van der Waals surface area contributed by atoms with Gasteiger partial charge in [0.05, 0.1) is 0 Å². The molecule has 100 valence electrons. The second kappa shape index (κ2) is 6.42. The lowest BCUT2D eigenvalue weighted by molar-refractivity contribution is 0.321. The quantitative estimate of drug-likeness (QED) is 0.724. The van der Waals surface area contributed by atoms with E-state index < -0.39 is 0 Å². The molecule has 0 atom stereocenters. The molecule has 1 aromatic heterocycles. The number of alkyl halides is 1. The molecule has 0 bridgehead atoms. The van der Waals surface area contributed by atoms with Crippen LogP contribution in [0.3, 0.4) is 0 Å². The van der Waals surface area contributed by atoms with Crippen LogP contribution >= 0.6 is 11.6 Å². The van der Waals surface area contributed by atoms with Crippen molar-refractivity contribution in [1.82, 2.24) is 4.98 Å². The van der Waals surface area contributed by atoms with Crippen LogP contribution in [0.15, 0.2) is 12.1 Å². The molecule has 0 amide bonds. The smallest absolute Gasteiger partial charge is 0.128 e. The maximum absolute atomic E-state index is 5.97. The zero-order valence-electron chi connectivity index (χ0n) is 11.5. The fourth-order valence-electron chi connectivity index (χ4n) is 2.45. The van der Waals surface area contributed by atoms with E-state index in [4.69, 9.17) is 16.6 Å². The average Bonchev–Trinajstić information content (AvgIpc) is 2.33. The first-order valence-corrected chi connectivity index (χ1v) is 7.53. The van der Waals surface area contributed by atoms with Gasteiger partial charge >= 0.3 is 0 Å². The van der Waals surface area contributed by atoms with Crippen molar-refractivity contribution in [2.24, 2.45) is 5.92 Å². The van der Waals surface area contributed by atoms with Crippen LogP contribution < -0.4 is 4.90 Å². The third-order valence-electron chi connectivity index (χ3n) is 3.73. The molecule has 1 fully saturated rings. The van der Waals surface area contributed by atoms with Crippen molar-refractivity contribution in [3.63, 3.8) is 0 Å². The van der Waals surface area contributed by atoms with Crippen molar-refractivity contribution >= 4 is 17.4 Å². The fourth-order valence-corrected chi connectivity index (χ4v) is 2.60. The Hall–Kier alpha value is -0.760. The molecule has 0 radical (unpaired) electrons. The number of pyridine rings is 1. The molecule has 2 rings (SSSR count). The Morgan fingerprint density at radius 2 is 2.17 bits per heavy atom. The molecule has 1 aromatic rings. The summed E-state index contributed by atoms with van der Waals surface area (Å²) < 4.78 is 0. The molecule has 0 spiro atoms. The van der Waals surface area contributed by atoms with Gasteiger partial charge < -0.3 is 4.90 Å². The van der Waals surface area contributed by atoms with Crippen LogP contribution in [-0.4, -0.2) is 18.6 Å². The fraction of sp³-hybridized carbons (Fsp3) is 0.667. The molecule has 0 unspecified atom stereocenters. The Morgan fingerprint density at radius 3 is 2.72 bits per heavy atom. The predicted octanol–water partition coefficient (Wildman–Crippen LogP) is 4.01. The molecule has 1 aliphatic carbocycles. The minimum Gasteiger partial charge on any atom is -0.359 e. The molecule has 1 saturated carbocycles. The van der Waals surface area contributed by atoms with Crippen molar-refractivity contribution < 1.29 is 0 Å². The van der Waals surface area contributed by atoms with Gasteiger partial charge in [0.25, 0.3) is 0 Å². The zero-order chi connectivity index (χ0) is 13.0. The number of rotatable bonds is 6. The van der Waals surface area contributed by atoms with Crippen LogP contribution in [0.2, 0.25) is 0 Å². The molecule has 2 nitrogen and oxygen atoms in total. The maximum atomic E-state index is 5.97. The van der Waals surface area contributed by atoms with Gasteiger partial charge in [0.15, 0.2) is 0 Å². The van der Waals surface area contributed by atoms with Crippen molar-refractivity contribution in [3.05, 3.63) is 23.4 Å². The van der Waals surface area contributed by atoms with Crippen LogP contribution in [0.4, 0.5) is 5.82 Å². The van der Waals surface area contributed by atoms with Crippen molar-refractivity contribution in [2.75, 3.05) is 18.5 Å². The second-order valence-electron chi connectivity index (χ2n) is 5.39. The monoisotopic (exact) mass is 266 g/mol. The summed E-state index contributed by atoms with van der Waals surface area (Å²) in [6, 6.07) is 4.27. The largest absolute Gasteiger partial charge is 0.359 e. The lowest BCUT2D eigenvalue weighted by Gasteiger charge is -2.31. The topological polar surface area (TPSA) is 16.1 Å². The molecule has 0 saturated heterocycles. The van der Waals surface area contributed by atoms with E-state index in [1.165, 1.54) is 30.5 Å². The van der Waals surface area contributed by atoms with E-state index >= 15 is 0 Å². The molecular weight excluding hydrogens is 244 g/mol. The minimum atomic E-state index is 0.573. The van der Waals surface area contributed by atoms with E-state index in [2.05, 4.69) is 31.0 Å². The highest BCUT2D eigenvalue weighted by Crippen LogP contribution is 2.28. The molecule has 0 N–H and O–H groups in total. The minimum absolute atomic E-state index is 0.573. The number of aryl methyl sites for hydroxylation is 1. The maximum Gasteiger partial charge on any atom is 0.128 e. The number of hydrogen-bond donors (Lipinski definition) is 0. The summed E-state index contributed by atoms with van der Waals surface area (Å²) in [7, 11) is 2.15. The van der Waals surface area contributed by atoms with Crippen LogP contribution in [0.25, 0.3) is 0 Å². The predicted molar refractivity (Wildman–Crippen MR) is 78.4 cm³/mol. The summed E-state index contributed by atoms with van der Waals surface area (Å²) in [6.45, 7) is 3.32. The standard InChI is InChI=1S/C15H23ClN2/c1-3-5-14-8-13(10-16)9-15(17-14)18(2)11-12-6-4-7-12/h8-9,12H,3-7,10-11H2,1-2H3. The zero-order valence-corrected chi connectivity index (χ0v) is 12.2. The van der Waals surface area contributed by atoms with E-state index in [1.54, 1.807) is 0 Å². The summed E-state index contributed by atoms with van der Waals surface area (Å²) >= 11 is 5.97. The van der Waals surface area contributed by atoms with Crippen LogP contribution in [0, 0.1) is 5.92 Å². The Bertz CT molecular complexity index is 388. The highest BCUT2D eigenvalue weighted by molar-refractivity contribution is 6.17. The van der Waals surface area contributed by atoms with Crippen molar-refractivity contribution in [2.45, 2.75) is 44.9 Å². The molecule has 3 heteroatoms. The van der Waals surface area contributed by atoms with Gasteiger partial charge in [-0.3, -0.25) is 0 Å². The van der Waals surface area contributed by atoms with Crippen LogP contribution in [0.5, 0.6) is 0 Å². The first-order valence-electron chi connectivity index (χ1n) is 7.00. The number of aromatic nitrogens is 1. The lowest BCUT2D eigenvalue weighted by Crippen LogP contribution is -2.30. The van der Waals surface area contributed by atoms with E-state index in [0.29, 0.717) is 5.88 Å². The van der Waals surface area contributed by atoms with Crippen molar-refractivity contribution in [3.8, 4) is 0 Å². The van der Waals surface area contributed by atoms with Gasteiger partial charge in [0.1, 0.15) is 5.82 Å². The average molecular weight is 267 g/mol. The van der Waals surface area contributed by atoms with Gasteiger partial charge in [-0.15, -0.1) is 11.6 Å². The van der Waals surface area contributed by atoms with Gasteiger partial charge in [-0.2, -0.15) is 0 Å². The van der Waals surface area contributed by atoms with Gasteiger partial charge in [-0.25, -0.2) is 4.98 Å². The molecule has 0 aromatic carbocycles. The first kappa shape index (κ1) is 13.7. The Labute approximate surface area is 115 Å². The Balaban J connectivity index is 2.10. The van der Waals surface area contributed by atoms with E-state index in [0.717, 1.165) is 31.1 Å². The molecule has 1 aliphatic rings. The third-order valence-corrected chi connectivity index (χ3v) is 4.04. The Morgan fingerprint density at radius 1 is 1.39 bits per heavy atom. The Kier molecular flexibility index (Phi) is 4.87. The highest BCUT2D eigenvalue weighted by atomic mass is 35.5.